The fourth-order valence-electron chi connectivity index (χ4n) is 3.37. The SMILES string of the molecule is C[C@H](COc1ccc(-c2ccnc(Nc3nccs3)c2)cc1Cl)CC(C)(C)NC(=O)O. The second-order valence-electron chi connectivity index (χ2n) is 7.97. The number of benzene rings is 1. The van der Waals surface area contributed by atoms with Gasteiger partial charge in [0.1, 0.15) is 11.6 Å². The second kappa shape index (κ2) is 9.98. The maximum Gasteiger partial charge on any atom is 0.405 e. The molecule has 1 aromatic carbocycles. The highest BCUT2D eigenvalue weighted by Crippen LogP contribution is 2.32. The van der Waals surface area contributed by atoms with Crippen LogP contribution in [0.3, 0.4) is 0 Å². The molecule has 0 fully saturated rings. The molecule has 2 heterocycles. The summed E-state index contributed by atoms with van der Waals surface area (Å²) in [5.41, 5.74) is 1.38. The molecule has 0 saturated heterocycles. The van der Waals surface area contributed by atoms with E-state index in [0.29, 0.717) is 29.6 Å². The lowest BCUT2D eigenvalue weighted by atomic mass is 9.92. The van der Waals surface area contributed by atoms with E-state index in [2.05, 4.69) is 20.6 Å². The largest absolute Gasteiger partial charge is 0.492 e. The Morgan fingerprint density at radius 1 is 1.23 bits per heavy atom. The van der Waals surface area contributed by atoms with Crippen molar-refractivity contribution in [3.63, 3.8) is 0 Å². The third-order valence-electron chi connectivity index (χ3n) is 4.52. The van der Waals surface area contributed by atoms with E-state index in [4.69, 9.17) is 21.4 Å². The van der Waals surface area contributed by atoms with Crippen molar-refractivity contribution in [1.29, 1.82) is 0 Å². The Kier molecular flexibility index (Phi) is 7.35. The van der Waals surface area contributed by atoms with Gasteiger partial charge in [0.05, 0.1) is 11.6 Å². The van der Waals surface area contributed by atoms with Crippen LogP contribution in [0.5, 0.6) is 5.75 Å². The molecule has 3 N–H and O–H groups in total. The van der Waals surface area contributed by atoms with Crippen LogP contribution in [0.4, 0.5) is 15.7 Å². The fraction of sp³-hybridized carbons (Fsp3) is 0.318. The lowest BCUT2D eigenvalue weighted by Gasteiger charge is -2.28. The van der Waals surface area contributed by atoms with Crippen LogP contribution < -0.4 is 15.4 Å². The van der Waals surface area contributed by atoms with Gasteiger partial charge in [0.25, 0.3) is 0 Å². The van der Waals surface area contributed by atoms with Crippen LogP contribution in [0.15, 0.2) is 48.1 Å². The number of carbonyl (C=O) groups is 1. The molecule has 0 spiro atoms. The molecule has 2 aromatic heterocycles. The molecule has 1 atom stereocenters. The molecule has 7 nitrogen and oxygen atoms in total. The number of anilines is 2. The van der Waals surface area contributed by atoms with Gasteiger partial charge in [-0.15, -0.1) is 11.3 Å². The Bertz CT molecular complexity index is 1030. The second-order valence-corrected chi connectivity index (χ2v) is 9.27. The van der Waals surface area contributed by atoms with Crippen LogP contribution in [-0.2, 0) is 0 Å². The average molecular weight is 461 g/mol. The van der Waals surface area contributed by atoms with E-state index in [0.717, 1.165) is 16.3 Å². The molecular formula is C22H25ClN4O3S. The van der Waals surface area contributed by atoms with Gasteiger partial charge in [-0.3, -0.25) is 0 Å². The number of amides is 1. The minimum Gasteiger partial charge on any atom is -0.492 e. The molecule has 0 aliphatic rings. The number of hydrogen-bond donors (Lipinski definition) is 3. The van der Waals surface area contributed by atoms with Gasteiger partial charge >= 0.3 is 6.09 Å². The standard InChI is InChI=1S/C22H25ClN4O3S/c1-14(12-22(2,3)27-21(28)29)13-30-18-5-4-15(10-17(18)23)16-6-7-24-19(11-16)26-20-25-8-9-31-20/h4-11,14,27H,12-13H2,1-3H3,(H,28,29)(H,24,25,26)/t14-/m0/s1. The van der Waals surface area contributed by atoms with Gasteiger partial charge in [-0.2, -0.15) is 0 Å². The number of hydrogen-bond acceptors (Lipinski definition) is 6. The summed E-state index contributed by atoms with van der Waals surface area (Å²) in [6.07, 6.45) is 3.08. The number of nitrogens with one attached hydrogen (secondary N) is 2. The van der Waals surface area contributed by atoms with E-state index in [1.54, 1.807) is 12.4 Å². The van der Waals surface area contributed by atoms with E-state index in [1.807, 2.05) is 56.5 Å². The Balaban J connectivity index is 1.63. The van der Waals surface area contributed by atoms with Crippen LogP contribution in [0.25, 0.3) is 11.1 Å². The summed E-state index contributed by atoms with van der Waals surface area (Å²) in [4.78, 5) is 19.4. The van der Waals surface area contributed by atoms with Gasteiger partial charge in [0, 0.05) is 23.3 Å². The number of aromatic nitrogens is 2. The zero-order chi connectivity index (χ0) is 22.4. The topological polar surface area (TPSA) is 96.4 Å². The van der Waals surface area contributed by atoms with Gasteiger partial charge in [-0.1, -0.05) is 24.6 Å². The fourth-order valence-corrected chi connectivity index (χ4v) is 4.14. The minimum absolute atomic E-state index is 0.136. The number of carboxylic acid groups (broad SMARTS) is 1. The molecular weight excluding hydrogens is 436 g/mol. The smallest absolute Gasteiger partial charge is 0.405 e. The Morgan fingerprint density at radius 3 is 2.68 bits per heavy atom. The molecule has 0 unspecified atom stereocenters. The lowest BCUT2D eigenvalue weighted by Crippen LogP contribution is -2.44. The van der Waals surface area contributed by atoms with E-state index >= 15 is 0 Å². The monoisotopic (exact) mass is 460 g/mol. The Morgan fingerprint density at radius 2 is 2.00 bits per heavy atom. The summed E-state index contributed by atoms with van der Waals surface area (Å²) in [5, 5.41) is 17.8. The zero-order valence-corrected chi connectivity index (χ0v) is 19.1. The van der Waals surface area contributed by atoms with E-state index in [9.17, 15) is 4.79 Å². The van der Waals surface area contributed by atoms with E-state index in [1.165, 1.54) is 11.3 Å². The van der Waals surface area contributed by atoms with Gasteiger partial charge in [0.15, 0.2) is 5.13 Å². The lowest BCUT2D eigenvalue weighted by molar-refractivity contribution is 0.169. The number of pyridine rings is 1. The summed E-state index contributed by atoms with van der Waals surface area (Å²) in [7, 11) is 0. The van der Waals surface area contributed by atoms with Crippen molar-refractivity contribution in [3.05, 3.63) is 53.1 Å². The van der Waals surface area contributed by atoms with Crippen LogP contribution in [0.1, 0.15) is 27.2 Å². The number of thiazole rings is 1. The van der Waals surface area contributed by atoms with Gasteiger partial charge in [-0.05, 0) is 61.6 Å². The summed E-state index contributed by atoms with van der Waals surface area (Å²) >= 11 is 7.97. The van der Waals surface area contributed by atoms with E-state index in [-0.39, 0.29) is 5.92 Å². The van der Waals surface area contributed by atoms with Crippen LogP contribution >= 0.6 is 22.9 Å². The number of ether oxygens (including phenoxy) is 1. The molecule has 31 heavy (non-hydrogen) atoms. The highest BCUT2D eigenvalue weighted by molar-refractivity contribution is 7.13. The summed E-state index contributed by atoms with van der Waals surface area (Å²) in [5.74, 6) is 1.43. The van der Waals surface area contributed by atoms with Crippen molar-refractivity contribution in [3.8, 4) is 16.9 Å². The molecule has 3 rings (SSSR count). The first-order valence-corrected chi connectivity index (χ1v) is 11.0. The normalized spacial score (nSPS) is 12.3. The third-order valence-corrected chi connectivity index (χ3v) is 5.50. The van der Waals surface area contributed by atoms with Crippen molar-refractivity contribution < 1.29 is 14.6 Å². The van der Waals surface area contributed by atoms with Crippen molar-refractivity contribution in [2.45, 2.75) is 32.7 Å². The van der Waals surface area contributed by atoms with Crippen molar-refractivity contribution in [1.82, 2.24) is 15.3 Å². The zero-order valence-electron chi connectivity index (χ0n) is 17.6. The molecule has 9 heteroatoms. The van der Waals surface area contributed by atoms with Crippen molar-refractivity contribution >= 4 is 40.0 Å². The third kappa shape index (κ3) is 6.83. The average Bonchev–Trinajstić information content (AvgIpc) is 3.18. The predicted octanol–water partition coefficient (Wildman–Crippen LogP) is 6.05. The summed E-state index contributed by atoms with van der Waals surface area (Å²) in [6, 6.07) is 9.51. The number of halogens is 1. The molecule has 0 aliphatic carbocycles. The first kappa shape index (κ1) is 22.8. The Hall–Kier alpha value is -2.84. The van der Waals surface area contributed by atoms with Crippen LogP contribution in [0, 0.1) is 5.92 Å². The quantitative estimate of drug-likeness (QED) is 0.359. The highest BCUT2D eigenvalue weighted by atomic mass is 35.5. The number of nitrogens with zero attached hydrogens (tertiary/aromatic N) is 2. The maximum atomic E-state index is 10.9. The van der Waals surface area contributed by atoms with Crippen molar-refractivity contribution in [2.24, 2.45) is 5.92 Å². The minimum atomic E-state index is -1.03. The van der Waals surface area contributed by atoms with E-state index < -0.39 is 11.6 Å². The molecule has 3 aromatic rings. The molecule has 0 saturated carbocycles. The molecule has 164 valence electrons. The van der Waals surface area contributed by atoms with Gasteiger partial charge in [0.2, 0.25) is 0 Å². The summed E-state index contributed by atoms with van der Waals surface area (Å²) < 4.78 is 5.90. The summed E-state index contributed by atoms with van der Waals surface area (Å²) in [6.45, 7) is 6.15. The Labute approximate surface area is 190 Å². The highest BCUT2D eigenvalue weighted by Gasteiger charge is 2.23. The molecule has 0 radical (unpaired) electrons. The predicted molar refractivity (Wildman–Crippen MR) is 125 cm³/mol. The first-order chi connectivity index (χ1) is 14.7. The number of rotatable bonds is 9. The van der Waals surface area contributed by atoms with Gasteiger partial charge < -0.3 is 20.5 Å². The van der Waals surface area contributed by atoms with Crippen molar-refractivity contribution in [2.75, 3.05) is 11.9 Å². The van der Waals surface area contributed by atoms with Crippen LogP contribution in [-0.4, -0.2) is 33.3 Å². The van der Waals surface area contributed by atoms with Gasteiger partial charge in [-0.25, -0.2) is 14.8 Å². The van der Waals surface area contributed by atoms with Crippen LogP contribution in [0.2, 0.25) is 5.02 Å². The molecule has 0 bridgehead atoms. The molecule has 0 aliphatic heterocycles. The first-order valence-electron chi connectivity index (χ1n) is 9.78. The maximum absolute atomic E-state index is 10.9. The molecule has 1 amide bonds.